The lowest BCUT2D eigenvalue weighted by molar-refractivity contribution is 0.713. The lowest BCUT2D eigenvalue weighted by Gasteiger charge is -2.27. The van der Waals surface area contributed by atoms with E-state index in [1.807, 2.05) is 30.5 Å². The fraction of sp³-hybridized carbons (Fsp3) is 0.167. The zero-order valence-corrected chi connectivity index (χ0v) is 14.8. The molecule has 0 atom stereocenters. The van der Waals surface area contributed by atoms with Crippen LogP contribution in [0.5, 0.6) is 0 Å². The summed E-state index contributed by atoms with van der Waals surface area (Å²) in [6.07, 6.45) is 4.52. The molecule has 5 rings (SSSR count). The standard InChI is InChI=1S/C18H14ClN5S/c19-13-3-1-11(2-4-13)16-7-15-17(25-16)18(21-10-20-15)24-6-5-14-12(9-24)8-22-23-14/h1-4,7-8,10H,5-6,9H2,(H,22,23). The molecule has 25 heavy (non-hydrogen) atoms. The molecule has 4 aromatic rings. The SMILES string of the molecule is Clc1ccc(-c2cc3ncnc(N4CCc5[nH]ncc5C4)c3s2)cc1. The molecule has 7 heteroatoms. The van der Waals surface area contributed by atoms with Crippen molar-refractivity contribution in [1.29, 1.82) is 0 Å². The molecule has 0 spiro atoms. The summed E-state index contributed by atoms with van der Waals surface area (Å²) in [4.78, 5) is 12.5. The predicted octanol–water partition coefficient (Wildman–Crippen LogP) is 4.30. The summed E-state index contributed by atoms with van der Waals surface area (Å²) in [5.74, 6) is 1.00. The number of hydrogen-bond acceptors (Lipinski definition) is 5. The highest BCUT2D eigenvalue weighted by Gasteiger charge is 2.22. The second-order valence-electron chi connectivity index (χ2n) is 6.07. The minimum Gasteiger partial charge on any atom is -0.350 e. The van der Waals surface area contributed by atoms with Crippen molar-refractivity contribution in [2.75, 3.05) is 11.4 Å². The Bertz CT molecular complexity index is 1050. The normalized spacial score (nSPS) is 14.0. The Morgan fingerprint density at radius 3 is 2.92 bits per heavy atom. The number of fused-ring (bicyclic) bond motifs is 2. The number of halogens is 1. The molecule has 1 aliphatic rings. The van der Waals surface area contributed by atoms with E-state index in [0.29, 0.717) is 0 Å². The van der Waals surface area contributed by atoms with Gasteiger partial charge in [0.05, 0.1) is 16.4 Å². The van der Waals surface area contributed by atoms with Crippen LogP contribution >= 0.6 is 22.9 Å². The molecule has 4 heterocycles. The quantitative estimate of drug-likeness (QED) is 0.574. The Morgan fingerprint density at radius 1 is 1.16 bits per heavy atom. The first kappa shape index (κ1) is 14.9. The summed E-state index contributed by atoms with van der Waals surface area (Å²) in [6.45, 7) is 1.75. The van der Waals surface area contributed by atoms with E-state index in [1.54, 1.807) is 17.7 Å². The van der Waals surface area contributed by atoms with Gasteiger partial charge in [0.2, 0.25) is 0 Å². The largest absolute Gasteiger partial charge is 0.350 e. The van der Waals surface area contributed by atoms with Gasteiger partial charge >= 0.3 is 0 Å². The molecule has 0 saturated carbocycles. The molecule has 0 fully saturated rings. The third-order valence-corrected chi connectivity index (χ3v) is 5.94. The fourth-order valence-corrected chi connectivity index (χ4v) is 4.49. The van der Waals surface area contributed by atoms with E-state index in [2.05, 4.69) is 31.1 Å². The Labute approximate surface area is 153 Å². The second-order valence-corrected chi connectivity index (χ2v) is 7.56. The first-order chi connectivity index (χ1) is 12.3. The van der Waals surface area contributed by atoms with E-state index in [1.165, 1.54) is 16.1 Å². The van der Waals surface area contributed by atoms with Gasteiger partial charge in [-0.05, 0) is 23.8 Å². The van der Waals surface area contributed by atoms with Crippen LogP contribution in [-0.2, 0) is 13.0 Å². The third kappa shape index (κ3) is 2.58. The van der Waals surface area contributed by atoms with Gasteiger partial charge in [0.25, 0.3) is 0 Å². The van der Waals surface area contributed by atoms with Gasteiger partial charge in [-0.15, -0.1) is 11.3 Å². The summed E-state index contributed by atoms with van der Waals surface area (Å²) in [5.41, 5.74) is 4.61. The third-order valence-electron chi connectivity index (χ3n) is 4.52. The topological polar surface area (TPSA) is 57.7 Å². The summed E-state index contributed by atoms with van der Waals surface area (Å²) < 4.78 is 1.12. The van der Waals surface area contributed by atoms with Crippen LogP contribution in [0.15, 0.2) is 42.9 Å². The van der Waals surface area contributed by atoms with Gasteiger partial charge in [-0.25, -0.2) is 9.97 Å². The first-order valence-corrected chi connectivity index (χ1v) is 9.24. The molecule has 3 aromatic heterocycles. The molecule has 1 N–H and O–H groups in total. The van der Waals surface area contributed by atoms with Crippen LogP contribution in [0, 0.1) is 0 Å². The number of rotatable bonds is 2. The highest BCUT2D eigenvalue weighted by atomic mass is 35.5. The molecule has 0 amide bonds. The zero-order valence-electron chi connectivity index (χ0n) is 13.2. The van der Waals surface area contributed by atoms with Crippen LogP contribution in [0.25, 0.3) is 20.7 Å². The lowest BCUT2D eigenvalue weighted by Crippen LogP contribution is -2.30. The Morgan fingerprint density at radius 2 is 2.04 bits per heavy atom. The average Bonchev–Trinajstić information content (AvgIpc) is 3.28. The molecular formula is C18H14ClN5S. The zero-order chi connectivity index (χ0) is 16.8. The number of nitrogens with one attached hydrogen (secondary N) is 1. The fourth-order valence-electron chi connectivity index (χ4n) is 3.23. The summed E-state index contributed by atoms with van der Waals surface area (Å²) in [7, 11) is 0. The van der Waals surface area contributed by atoms with Crippen LogP contribution in [0.3, 0.4) is 0 Å². The maximum atomic E-state index is 6.00. The number of nitrogens with zero attached hydrogens (tertiary/aromatic N) is 4. The van der Waals surface area contributed by atoms with Crippen molar-refractivity contribution in [3.63, 3.8) is 0 Å². The Kier molecular flexibility index (Phi) is 3.46. The highest BCUT2D eigenvalue weighted by molar-refractivity contribution is 7.22. The van der Waals surface area contributed by atoms with Crippen molar-refractivity contribution in [2.24, 2.45) is 0 Å². The minimum absolute atomic E-state index is 0.745. The second kappa shape index (κ2) is 5.82. The van der Waals surface area contributed by atoms with Gasteiger partial charge < -0.3 is 4.90 Å². The van der Waals surface area contributed by atoms with Gasteiger partial charge in [0.1, 0.15) is 12.1 Å². The number of aromatic nitrogens is 4. The van der Waals surface area contributed by atoms with Gasteiger partial charge in [0.15, 0.2) is 0 Å². The lowest BCUT2D eigenvalue weighted by atomic mass is 10.1. The Hall–Kier alpha value is -2.44. The minimum atomic E-state index is 0.745. The van der Waals surface area contributed by atoms with Gasteiger partial charge in [-0.2, -0.15) is 5.10 Å². The number of benzene rings is 1. The molecule has 124 valence electrons. The van der Waals surface area contributed by atoms with E-state index >= 15 is 0 Å². The van der Waals surface area contributed by atoms with E-state index in [9.17, 15) is 0 Å². The van der Waals surface area contributed by atoms with Crippen molar-refractivity contribution in [3.8, 4) is 10.4 Å². The van der Waals surface area contributed by atoms with Crippen LogP contribution in [0.4, 0.5) is 5.82 Å². The molecule has 0 unspecified atom stereocenters. The van der Waals surface area contributed by atoms with Crippen LogP contribution in [0.1, 0.15) is 11.3 Å². The predicted molar refractivity (Wildman–Crippen MR) is 101 cm³/mol. The average molecular weight is 368 g/mol. The van der Waals surface area contributed by atoms with Crippen LogP contribution in [-0.4, -0.2) is 26.7 Å². The Balaban J connectivity index is 1.57. The van der Waals surface area contributed by atoms with Crippen LogP contribution in [0.2, 0.25) is 5.02 Å². The number of H-pyrrole nitrogens is 1. The number of thiophene rings is 1. The van der Waals surface area contributed by atoms with Crippen molar-refractivity contribution < 1.29 is 0 Å². The summed E-state index contributed by atoms with van der Waals surface area (Å²) >= 11 is 7.73. The maximum absolute atomic E-state index is 6.00. The summed E-state index contributed by atoms with van der Waals surface area (Å²) in [6, 6.07) is 10.0. The molecule has 1 aromatic carbocycles. The molecule has 0 saturated heterocycles. The maximum Gasteiger partial charge on any atom is 0.150 e. The first-order valence-electron chi connectivity index (χ1n) is 8.04. The molecule has 5 nitrogen and oxygen atoms in total. The van der Waals surface area contributed by atoms with Crippen molar-refractivity contribution in [1.82, 2.24) is 20.2 Å². The highest BCUT2D eigenvalue weighted by Crippen LogP contribution is 2.38. The number of aromatic amines is 1. The molecule has 1 aliphatic heterocycles. The number of hydrogen-bond donors (Lipinski definition) is 1. The van der Waals surface area contributed by atoms with Crippen molar-refractivity contribution in [2.45, 2.75) is 13.0 Å². The molecule has 0 radical (unpaired) electrons. The van der Waals surface area contributed by atoms with Gasteiger partial charge in [-0.3, -0.25) is 5.10 Å². The monoisotopic (exact) mass is 367 g/mol. The van der Waals surface area contributed by atoms with Gasteiger partial charge in [0, 0.05) is 40.7 Å². The molecule has 0 aliphatic carbocycles. The smallest absolute Gasteiger partial charge is 0.150 e. The number of anilines is 1. The van der Waals surface area contributed by atoms with E-state index in [4.69, 9.17) is 11.6 Å². The molecule has 0 bridgehead atoms. The van der Waals surface area contributed by atoms with E-state index in [-0.39, 0.29) is 0 Å². The molecular weight excluding hydrogens is 354 g/mol. The summed E-state index contributed by atoms with van der Waals surface area (Å²) in [5, 5.41) is 7.98. The van der Waals surface area contributed by atoms with Crippen molar-refractivity contribution >= 4 is 39.0 Å². The van der Waals surface area contributed by atoms with E-state index in [0.717, 1.165) is 46.1 Å². The van der Waals surface area contributed by atoms with E-state index < -0.39 is 0 Å². The van der Waals surface area contributed by atoms with Crippen molar-refractivity contribution in [3.05, 3.63) is 59.1 Å². The van der Waals surface area contributed by atoms with Gasteiger partial charge in [-0.1, -0.05) is 23.7 Å². The van der Waals surface area contributed by atoms with Crippen LogP contribution < -0.4 is 4.90 Å².